The standard InChI is InChI=1S/C13H20N6S2/c1-7-8(14)15-10(13(2,3)4)16-9(7)20-12-18-17-11(21-12)19(5)6/h1-6H3,(H2,14,15,16). The van der Waals surface area contributed by atoms with Crippen LogP contribution >= 0.6 is 23.1 Å². The number of hydrogen-bond acceptors (Lipinski definition) is 8. The van der Waals surface area contributed by atoms with E-state index in [4.69, 9.17) is 5.73 Å². The van der Waals surface area contributed by atoms with Gasteiger partial charge in [-0.3, -0.25) is 0 Å². The first kappa shape index (κ1) is 16.0. The Bertz CT molecular complexity index is 645. The fourth-order valence-corrected chi connectivity index (χ4v) is 3.22. The van der Waals surface area contributed by atoms with Crippen molar-refractivity contribution < 1.29 is 0 Å². The van der Waals surface area contributed by atoms with Gasteiger partial charge in [-0.05, 0) is 18.7 Å². The molecule has 114 valence electrons. The lowest BCUT2D eigenvalue weighted by Gasteiger charge is -2.18. The molecule has 0 atom stereocenters. The minimum atomic E-state index is -0.146. The van der Waals surface area contributed by atoms with Crippen LogP contribution in [0.25, 0.3) is 0 Å². The summed E-state index contributed by atoms with van der Waals surface area (Å²) in [4.78, 5) is 11.0. The van der Waals surface area contributed by atoms with E-state index in [1.54, 1.807) is 0 Å². The van der Waals surface area contributed by atoms with Gasteiger partial charge < -0.3 is 10.6 Å². The van der Waals surface area contributed by atoms with E-state index in [1.165, 1.54) is 23.1 Å². The van der Waals surface area contributed by atoms with Crippen LogP contribution in [-0.4, -0.2) is 34.3 Å². The van der Waals surface area contributed by atoms with Gasteiger partial charge in [0.1, 0.15) is 16.7 Å². The third kappa shape index (κ3) is 3.62. The monoisotopic (exact) mass is 324 g/mol. The molecule has 0 aliphatic rings. The molecule has 0 unspecified atom stereocenters. The van der Waals surface area contributed by atoms with Gasteiger partial charge in [0.15, 0.2) is 4.34 Å². The first-order chi connectivity index (χ1) is 9.68. The molecule has 0 aliphatic heterocycles. The molecule has 8 heteroatoms. The van der Waals surface area contributed by atoms with E-state index < -0.39 is 0 Å². The number of rotatable bonds is 3. The summed E-state index contributed by atoms with van der Waals surface area (Å²) in [6.07, 6.45) is 0. The second-order valence-electron chi connectivity index (χ2n) is 5.96. The van der Waals surface area contributed by atoms with Gasteiger partial charge in [0.25, 0.3) is 0 Å². The van der Waals surface area contributed by atoms with E-state index in [0.717, 1.165) is 25.9 Å². The van der Waals surface area contributed by atoms with Crippen LogP contribution in [0.2, 0.25) is 0 Å². The average Bonchev–Trinajstić information content (AvgIpc) is 2.82. The van der Waals surface area contributed by atoms with Crippen molar-refractivity contribution in [1.29, 1.82) is 0 Å². The molecule has 2 N–H and O–H groups in total. The highest BCUT2D eigenvalue weighted by molar-refractivity contribution is 8.01. The van der Waals surface area contributed by atoms with Gasteiger partial charge in [0.2, 0.25) is 5.13 Å². The largest absolute Gasteiger partial charge is 0.383 e. The van der Waals surface area contributed by atoms with Gasteiger partial charge in [-0.2, -0.15) is 0 Å². The van der Waals surface area contributed by atoms with Crippen LogP contribution in [0, 0.1) is 6.92 Å². The quantitative estimate of drug-likeness (QED) is 0.869. The minimum Gasteiger partial charge on any atom is -0.383 e. The molecule has 2 aromatic heterocycles. The summed E-state index contributed by atoms with van der Waals surface area (Å²) in [5.74, 6) is 1.26. The highest BCUT2D eigenvalue weighted by Gasteiger charge is 2.21. The highest BCUT2D eigenvalue weighted by atomic mass is 32.2. The van der Waals surface area contributed by atoms with Crippen molar-refractivity contribution in [3.8, 4) is 0 Å². The summed E-state index contributed by atoms with van der Waals surface area (Å²) in [6.45, 7) is 8.14. The zero-order valence-corrected chi connectivity index (χ0v) is 14.8. The Hall–Kier alpha value is -1.41. The molecule has 0 spiro atoms. The van der Waals surface area contributed by atoms with Crippen molar-refractivity contribution >= 4 is 34.0 Å². The maximum atomic E-state index is 6.02. The molecular weight excluding hydrogens is 304 g/mol. The molecule has 0 aliphatic carbocycles. The lowest BCUT2D eigenvalue weighted by Crippen LogP contribution is -2.18. The van der Waals surface area contributed by atoms with Gasteiger partial charge in [-0.25, -0.2) is 9.97 Å². The Labute approximate surface area is 133 Å². The van der Waals surface area contributed by atoms with Crippen molar-refractivity contribution in [3.05, 3.63) is 11.4 Å². The molecule has 2 heterocycles. The fourth-order valence-electron chi connectivity index (χ4n) is 1.45. The van der Waals surface area contributed by atoms with Gasteiger partial charge >= 0.3 is 0 Å². The summed E-state index contributed by atoms with van der Waals surface area (Å²) >= 11 is 3.01. The minimum absolute atomic E-state index is 0.146. The topological polar surface area (TPSA) is 80.8 Å². The van der Waals surface area contributed by atoms with Gasteiger partial charge in [-0.1, -0.05) is 32.1 Å². The number of hydrogen-bond donors (Lipinski definition) is 1. The summed E-state index contributed by atoms with van der Waals surface area (Å²) in [7, 11) is 3.89. The predicted molar refractivity (Wildman–Crippen MR) is 88.2 cm³/mol. The van der Waals surface area contributed by atoms with Gasteiger partial charge in [-0.15, -0.1) is 10.2 Å². The summed E-state index contributed by atoms with van der Waals surface area (Å²) < 4.78 is 0.847. The van der Waals surface area contributed by atoms with E-state index in [-0.39, 0.29) is 5.41 Å². The van der Waals surface area contributed by atoms with Crippen molar-refractivity contribution in [2.45, 2.75) is 42.5 Å². The molecule has 0 bridgehead atoms. The lowest BCUT2D eigenvalue weighted by atomic mass is 9.95. The van der Waals surface area contributed by atoms with Crippen LogP contribution in [0.1, 0.15) is 32.2 Å². The molecule has 0 saturated carbocycles. The second-order valence-corrected chi connectivity index (χ2v) is 8.15. The van der Waals surface area contributed by atoms with E-state index in [2.05, 4.69) is 40.9 Å². The van der Waals surface area contributed by atoms with Gasteiger partial charge in [0, 0.05) is 25.1 Å². The Balaban J connectivity index is 2.36. The lowest BCUT2D eigenvalue weighted by molar-refractivity contribution is 0.538. The smallest absolute Gasteiger partial charge is 0.208 e. The third-order valence-electron chi connectivity index (χ3n) is 2.77. The Morgan fingerprint density at radius 2 is 1.81 bits per heavy atom. The summed E-state index contributed by atoms with van der Waals surface area (Å²) in [5.41, 5.74) is 6.76. The van der Waals surface area contributed by atoms with Crippen molar-refractivity contribution in [3.63, 3.8) is 0 Å². The fraction of sp³-hybridized carbons (Fsp3) is 0.538. The molecule has 0 radical (unpaired) electrons. The maximum absolute atomic E-state index is 6.02. The number of aromatic nitrogens is 4. The number of nitrogen functional groups attached to an aromatic ring is 1. The van der Waals surface area contributed by atoms with E-state index in [1.807, 2.05) is 25.9 Å². The summed E-state index contributed by atoms with van der Waals surface area (Å²) in [5, 5.41) is 10.0. The Morgan fingerprint density at radius 1 is 1.14 bits per heavy atom. The van der Waals surface area contributed by atoms with Crippen LogP contribution in [0.4, 0.5) is 10.9 Å². The van der Waals surface area contributed by atoms with E-state index in [9.17, 15) is 0 Å². The predicted octanol–water partition coefficient (Wildman–Crippen LogP) is 2.73. The number of nitrogens with zero attached hydrogens (tertiary/aromatic N) is 5. The van der Waals surface area contributed by atoms with E-state index in [0.29, 0.717) is 5.82 Å². The van der Waals surface area contributed by atoms with Crippen LogP contribution in [-0.2, 0) is 5.41 Å². The molecule has 2 aromatic rings. The Morgan fingerprint density at radius 3 is 2.33 bits per heavy atom. The SMILES string of the molecule is Cc1c(N)nc(C(C)(C)C)nc1Sc1nnc(N(C)C)s1. The van der Waals surface area contributed by atoms with Crippen LogP contribution in [0.3, 0.4) is 0 Å². The van der Waals surface area contributed by atoms with Crippen molar-refractivity contribution in [1.82, 2.24) is 20.2 Å². The van der Waals surface area contributed by atoms with Crippen LogP contribution in [0.5, 0.6) is 0 Å². The molecule has 0 fully saturated rings. The third-order valence-corrected chi connectivity index (χ3v) is 5.00. The Kier molecular flexibility index (Phi) is 4.38. The molecule has 21 heavy (non-hydrogen) atoms. The zero-order chi connectivity index (χ0) is 15.8. The normalized spacial score (nSPS) is 11.7. The van der Waals surface area contributed by atoms with Crippen molar-refractivity contribution in [2.24, 2.45) is 0 Å². The molecule has 0 saturated heterocycles. The van der Waals surface area contributed by atoms with E-state index >= 15 is 0 Å². The molecule has 6 nitrogen and oxygen atoms in total. The summed E-state index contributed by atoms with van der Waals surface area (Å²) in [6, 6.07) is 0. The zero-order valence-electron chi connectivity index (χ0n) is 13.1. The molecule has 0 aromatic carbocycles. The number of nitrogens with two attached hydrogens (primary N) is 1. The second kappa shape index (κ2) is 5.76. The van der Waals surface area contributed by atoms with Crippen LogP contribution < -0.4 is 10.6 Å². The molecule has 0 amide bonds. The average molecular weight is 324 g/mol. The molecule has 2 rings (SSSR count). The van der Waals surface area contributed by atoms with Crippen LogP contribution in [0.15, 0.2) is 9.37 Å². The first-order valence-electron chi connectivity index (χ1n) is 6.51. The highest BCUT2D eigenvalue weighted by Crippen LogP contribution is 2.35. The van der Waals surface area contributed by atoms with Crippen molar-refractivity contribution in [2.75, 3.05) is 24.7 Å². The van der Waals surface area contributed by atoms with Gasteiger partial charge in [0.05, 0.1) is 0 Å². The molecular formula is C13H20N6S2. The maximum Gasteiger partial charge on any atom is 0.208 e. The first-order valence-corrected chi connectivity index (χ1v) is 8.15. The number of anilines is 2.